The summed E-state index contributed by atoms with van der Waals surface area (Å²) in [5.41, 5.74) is 5.54. The molecule has 0 saturated carbocycles. The van der Waals surface area contributed by atoms with Crippen molar-refractivity contribution in [1.29, 1.82) is 0 Å². The van der Waals surface area contributed by atoms with E-state index in [9.17, 15) is 0 Å². The molecule has 1 atom stereocenters. The lowest BCUT2D eigenvalue weighted by molar-refractivity contribution is 0.598. The van der Waals surface area contributed by atoms with Crippen molar-refractivity contribution in [3.05, 3.63) is 20.8 Å². The molecule has 1 rings (SSSR count). The van der Waals surface area contributed by atoms with Gasteiger partial charge in [0.15, 0.2) is 0 Å². The molecule has 3 heteroatoms. The van der Waals surface area contributed by atoms with E-state index in [-0.39, 0.29) is 0 Å². The predicted molar refractivity (Wildman–Crippen MR) is 56.0 cm³/mol. The van der Waals surface area contributed by atoms with Gasteiger partial charge in [-0.15, -0.1) is 11.3 Å². The third-order valence-corrected chi connectivity index (χ3v) is 3.44. The van der Waals surface area contributed by atoms with E-state index in [1.165, 1.54) is 9.75 Å². The molecular weight excluding hydrogens is 190 g/mol. The standard InChI is InChI=1S/C9H14ClNS/c1-6(5-11)3-8-4-9(10)7(2)12-8/h4,6H,3,5,11H2,1-2H3. The minimum absolute atomic E-state index is 0.555. The Morgan fingerprint density at radius 2 is 2.33 bits per heavy atom. The molecule has 0 fully saturated rings. The smallest absolute Gasteiger partial charge is 0.0545 e. The van der Waals surface area contributed by atoms with Crippen molar-refractivity contribution >= 4 is 22.9 Å². The molecule has 0 spiro atoms. The summed E-state index contributed by atoms with van der Waals surface area (Å²) < 4.78 is 0. The molecule has 2 N–H and O–H groups in total. The highest BCUT2D eigenvalue weighted by molar-refractivity contribution is 7.12. The number of nitrogens with two attached hydrogens (primary N) is 1. The Morgan fingerprint density at radius 3 is 2.75 bits per heavy atom. The van der Waals surface area contributed by atoms with E-state index in [2.05, 4.69) is 6.92 Å². The van der Waals surface area contributed by atoms with Gasteiger partial charge in [0.2, 0.25) is 0 Å². The molecule has 1 nitrogen and oxygen atoms in total. The zero-order chi connectivity index (χ0) is 9.14. The van der Waals surface area contributed by atoms with Crippen LogP contribution in [-0.4, -0.2) is 6.54 Å². The van der Waals surface area contributed by atoms with Gasteiger partial charge in [0.05, 0.1) is 5.02 Å². The van der Waals surface area contributed by atoms with Gasteiger partial charge in [-0.3, -0.25) is 0 Å². The van der Waals surface area contributed by atoms with Gasteiger partial charge in [-0.2, -0.15) is 0 Å². The first-order chi connectivity index (χ1) is 5.63. The minimum atomic E-state index is 0.555. The van der Waals surface area contributed by atoms with Crippen LogP contribution in [0.4, 0.5) is 0 Å². The SMILES string of the molecule is Cc1sc(CC(C)CN)cc1Cl. The average molecular weight is 204 g/mol. The van der Waals surface area contributed by atoms with Gasteiger partial charge in [-0.05, 0) is 31.9 Å². The third-order valence-electron chi connectivity index (χ3n) is 1.86. The van der Waals surface area contributed by atoms with Crippen LogP contribution in [0, 0.1) is 12.8 Å². The van der Waals surface area contributed by atoms with Crippen LogP contribution in [0.25, 0.3) is 0 Å². The second-order valence-corrected chi connectivity index (χ2v) is 4.91. The van der Waals surface area contributed by atoms with Crippen molar-refractivity contribution in [2.45, 2.75) is 20.3 Å². The van der Waals surface area contributed by atoms with Crippen molar-refractivity contribution in [2.24, 2.45) is 11.7 Å². The van der Waals surface area contributed by atoms with Gasteiger partial charge in [-0.25, -0.2) is 0 Å². The summed E-state index contributed by atoms with van der Waals surface area (Å²) in [6, 6.07) is 2.05. The van der Waals surface area contributed by atoms with Gasteiger partial charge in [0, 0.05) is 9.75 Å². The highest BCUT2D eigenvalue weighted by atomic mass is 35.5. The molecule has 0 aliphatic heterocycles. The Labute approximate surface area is 82.5 Å². The maximum absolute atomic E-state index is 5.94. The van der Waals surface area contributed by atoms with E-state index in [0.717, 1.165) is 18.0 Å². The van der Waals surface area contributed by atoms with E-state index in [4.69, 9.17) is 17.3 Å². The number of halogens is 1. The Hall–Kier alpha value is -0.0500. The molecule has 1 aromatic rings. The molecule has 0 radical (unpaired) electrons. The van der Waals surface area contributed by atoms with Gasteiger partial charge in [0.1, 0.15) is 0 Å². The number of hydrogen-bond acceptors (Lipinski definition) is 2. The molecule has 1 heterocycles. The van der Waals surface area contributed by atoms with Crippen LogP contribution in [0.1, 0.15) is 16.7 Å². The fourth-order valence-electron chi connectivity index (χ4n) is 1.05. The topological polar surface area (TPSA) is 26.0 Å². The molecule has 0 bridgehead atoms. The van der Waals surface area contributed by atoms with E-state index >= 15 is 0 Å². The van der Waals surface area contributed by atoms with E-state index in [1.54, 1.807) is 11.3 Å². The zero-order valence-corrected chi connectivity index (χ0v) is 9.00. The molecule has 0 amide bonds. The zero-order valence-electron chi connectivity index (χ0n) is 7.43. The summed E-state index contributed by atoms with van der Waals surface area (Å²) in [7, 11) is 0. The lowest BCUT2D eigenvalue weighted by Crippen LogP contribution is -2.12. The Kier molecular flexibility index (Phi) is 3.56. The predicted octanol–water partition coefficient (Wildman–Crippen LogP) is 2.85. The summed E-state index contributed by atoms with van der Waals surface area (Å²) in [4.78, 5) is 2.55. The highest BCUT2D eigenvalue weighted by Crippen LogP contribution is 2.27. The van der Waals surface area contributed by atoms with E-state index in [1.807, 2.05) is 13.0 Å². The maximum atomic E-state index is 5.94. The van der Waals surface area contributed by atoms with Crippen LogP contribution in [-0.2, 0) is 6.42 Å². The van der Waals surface area contributed by atoms with Gasteiger partial charge < -0.3 is 5.73 Å². The molecule has 0 saturated heterocycles. The van der Waals surface area contributed by atoms with Crippen LogP contribution in [0.3, 0.4) is 0 Å². The van der Waals surface area contributed by atoms with Gasteiger partial charge in [-0.1, -0.05) is 18.5 Å². The fourth-order valence-corrected chi connectivity index (χ4v) is 2.45. The van der Waals surface area contributed by atoms with Crippen LogP contribution >= 0.6 is 22.9 Å². The first-order valence-electron chi connectivity index (χ1n) is 4.08. The van der Waals surface area contributed by atoms with Crippen LogP contribution in [0.15, 0.2) is 6.07 Å². The highest BCUT2D eigenvalue weighted by Gasteiger charge is 2.06. The van der Waals surface area contributed by atoms with Crippen molar-refractivity contribution in [3.63, 3.8) is 0 Å². The Morgan fingerprint density at radius 1 is 1.67 bits per heavy atom. The number of hydrogen-bond donors (Lipinski definition) is 1. The molecule has 0 aliphatic rings. The molecule has 0 aliphatic carbocycles. The van der Waals surface area contributed by atoms with Gasteiger partial charge in [0.25, 0.3) is 0 Å². The molecule has 12 heavy (non-hydrogen) atoms. The normalized spacial score (nSPS) is 13.3. The summed E-state index contributed by atoms with van der Waals surface area (Å²) >= 11 is 7.71. The first kappa shape index (κ1) is 10.0. The Bertz CT molecular complexity index is 238. The van der Waals surface area contributed by atoms with Crippen LogP contribution < -0.4 is 5.73 Å². The largest absolute Gasteiger partial charge is 0.330 e. The number of thiophene rings is 1. The molecule has 68 valence electrons. The summed E-state index contributed by atoms with van der Waals surface area (Å²) in [5.74, 6) is 0.555. The summed E-state index contributed by atoms with van der Waals surface area (Å²) in [6.07, 6.45) is 1.05. The van der Waals surface area contributed by atoms with Gasteiger partial charge >= 0.3 is 0 Å². The third kappa shape index (κ3) is 2.47. The van der Waals surface area contributed by atoms with Crippen molar-refractivity contribution in [1.82, 2.24) is 0 Å². The molecule has 0 aromatic carbocycles. The summed E-state index contributed by atoms with van der Waals surface area (Å²) in [6.45, 7) is 4.95. The number of aryl methyl sites for hydroxylation is 1. The fraction of sp³-hybridized carbons (Fsp3) is 0.556. The second kappa shape index (κ2) is 4.26. The van der Waals surface area contributed by atoms with Crippen molar-refractivity contribution in [3.8, 4) is 0 Å². The van der Waals surface area contributed by atoms with E-state index < -0.39 is 0 Å². The quantitative estimate of drug-likeness (QED) is 0.804. The summed E-state index contributed by atoms with van der Waals surface area (Å²) in [5, 5.41) is 0.888. The van der Waals surface area contributed by atoms with Crippen LogP contribution in [0.2, 0.25) is 5.02 Å². The lowest BCUT2D eigenvalue weighted by atomic mass is 10.1. The maximum Gasteiger partial charge on any atom is 0.0545 e. The second-order valence-electron chi connectivity index (χ2n) is 3.16. The molecular formula is C9H14ClNS. The van der Waals surface area contributed by atoms with Crippen molar-refractivity contribution in [2.75, 3.05) is 6.54 Å². The van der Waals surface area contributed by atoms with E-state index in [0.29, 0.717) is 5.92 Å². The molecule has 1 aromatic heterocycles. The van der Waals surface area contributed by atoms with Crippen LogP contribution in [0.5, 0.6) is 0 Å². The first-order valence-corrected chi connectivity index (χ1v) is 5.27. The monoisotopic (exact) mass is 203 g/mol. The minimum Gasteiger partial charge on any atom is -0.330 e. The molecule has 1 unspecified atom stereocenters. The Balaban J connectivity index is 2.64. The number of rotatable bonds is 3. The lowest BCUT2D eigenvalue weighted by Gasteiger charge is -2.04. The van der Waals surface area contributed by atoms with Crippen molar-refractivity contribution < 1.29 is 0 Å². The average Bonchev–Trinajstić information content (AvgIpc) is 2.31.